The van der Waals surface area contributed by atoms with Gasteiger partial charge in [-0.1, -0.05) is 12.1 Å². The van der Waals surface area contributed by atoms with Crippen molar-refractivity contribution in [2.45, 2.75) is 0 Å². The molecule has 0 aliphatic carbocycles. The number of nitriles is 1. The van der Waals surface area contributed by atoms with Crippen LogP contribution in [0.15, 0.2) is 30.1 Å². The molecule has 0 saturated carbocycles. The van der Waals surface area contributed by atoms with Crippen LogP contribution in [0.5, 0.6) is 0 Å². The molecule has 2 aromatic rings. The lowest BCUT2D eigenvalue weighted by Crippen LogP contribution is -1.78. The Hall–Kier alpha value is -1.80. The van der Waals surface area contributed by atoms with E-state index >= 15 is 0 Å². The van der Waals surface area contributed by atoms with Crippen molar-refractivity contribution >= 4 is 27.4 Å². The number of nitrogens with zero attached hydrogens (tertiary/aromatic N) is 2. The second kappa shape index (κ2) is 3.75. The second-order valence-electron chi connectivity index (χ2n) is 2.73. The van der Waals surface area contributed by atoms with Crippen LogP contribution in [0, 0.1) is 11.3 Å². The van der Waals surface area contributed by atoms with Crippen LogP contribution < -0.4 is 0 Å². The van der Waals surface area contributed by atoms with Crippen molar-refractivity contribution in [3.05, 3.63) is 35.1 Å². The Balaban J connectivity index is 2.60. The van der Waals surface area contributed by atoms with Gasteiger partial charge in [0.1, 0.15) is 6.07 Å². The summed E-state index contributed by atoms with van der Waals surface area (Å²) in [6, 6.07) is 8.11. The second-order valence-corrected chi connectivity index (χ2v) is 3.76. The number of aromatic nitrogens is 1. The average Bonchev–Trinajstić information content (AvgIpc) is 2.70. The number of para-hydroxylation sites is 1. The summed E-state index contributed by atoms with van der Waals surface area (Å²) in [5.74, 6) is -2.63. The van der Waals surface area contributed by atoms with Gasteiger partial charge in [0.2, 0.25) is 11.7 Å². The topological polar surface area (TPSA) is 36.7 Å². The van der Waals surface area contributed by atoms with Gasteiger partial charge in [0.25, 0.3) is 0 Å². The van der Waals surface area contributed by atoms with E-state index in [9.17, 15) is 8.78 Å². The minimum atomic E-state index is -1.44. The van der Waals surface area contributed by atoms with Gasteiger partial charge >= 0.3 is 0 Å². The van der Waals surface area contributed by atoms with Gasteiger partial charge in [0, 0.05) is 0 Å². The van der Waals surface area contributed by atoms with Crippen molar-refractivity contribution in [3.8, 4) is 6.07 Å². The molecule has 74 valence electrons. The largest absolute Gasteiger partial charge is 0.238 e. The van der Waals surface area contributed by atoms with Crippen molar-refractivity contribution in [2.75, 3.05) is 0 Å². The fourth-order valence-corrected chi connectivity index (χ4v) is 2.01. The van der Waals surface area contributed by atoms with E-state index in [1.165, 1.54) is 0 Å². The third kappa shape index (κ3) is 1.72. The van der Waals surface area contributed by atoms with E-state index < -0.39 is 11.7 Å². The van der Waals surface area contributed by atoms with Gasteiger partial charge in [-0.15, -0.1) is 11.3 Å². The molecule has 2 rings (SSSR count). The Kier molecular flexibility index (Phi) is 2.44. The van der Waals surface area contributed by atoms with E-state index in [4.69, 9.17) is 5.26 Å². The maximum atomic E-state index is 13.2. The van der Waals surface area contributed by atoms with Crippen molar-refractivity contribution < 1.29 is 8.78 Å². The first kappa shape index (κ1) is 9.74. The van der Waals surface area contributed by atoms with Crippen LogP contribution >= 0.6 is 11.3 Å². The SMILES string of the molecule is N#C/C(F)=C(\F)c1nc2ccccc2s1. The van der Waals surface area contributed by atoms with Crippen LogP contribution in [0.1, 0.15) is 5.01 Å². The molecule has 2 nitrogen and oxygen atoms in total. The zero-order valence-electron chi connectivity index (χ0n) is 7.37. The molecule has 0 saturated heterocycles. The Bertz CT molecular complexity index is 547. The van der Waals surface area contributed by atoms with E-state index in [0.29, 0.717) is 5.52 Å². The number of thiazole rings is 1. The molecule has 15 heavy (non-hydrogen) atoms. The monoisotopic (exact) mass is 222 g/mol. The van der Waals surface area contributed by atoms with Crippen LogP contribution in [0.3, 0.4) is 0 Å². The summed E-state index contributed by atoms with van der Waals surface area (Å²) in [6.07, 6.45) is 0. The molecule has 0 unspecified atom stereocenters. The predicted octanol–water partition coefficient (Wildman–Crippen LogP) is 3.43. The number of allylic oxidation sites excluding steroid dienone is 1. The Morgan fingerprint density at radius 3 is 2.73 bits per heavy atom. The van der Waals surface area contributed by atoms with Gasteiger partial charge < -0.3 is 0 Å². The van der Waals surface area contributed by atoms with Gasteiger partial charge in [-0.2, -0.15) is 14.0 Å². The fraction of sp³-hybridized carbons (Fsp3) is 0. The van der Waals surface area contributed by atoms with Gasteiger partial charge in [0.05, 0.1) is 10.2 Å². The van der Waals surface area contributed by atoms with Gasteiger partial charge in [-0.05, 0) is 12.1 Å². The van der Waals surface area contributed by atoms with E-state index in [-0.39, 0.29) is 5.01 Å². The molecule has 0 N–H and O–H groups in total. The van der Waals surface area contributed by atoms with Crippen molar-refractivity contribution in [1.82, 2.24) is 4.98 Å². The molecule has 0 aliphatic heterocycles. The highest BCUT2D eigenvalue weighted by molar-refractivity contribution is 7.19. The van der Waals surface area contributed by atoms with Gasteiger partial charge in [-0.25, -0.2) is 4.98 Å². The minimum Gasteiger partial charge on any atom is -0.233 e. The van der Waals surface area contributed by atoms with Crippen LogP contribution in [0.25, 0.3) is 16.0 Å². The molecule has 0 amide bonds. The minimum absolute atomic E-state index is 0.102. The molecule has 0 atom stereocenters. The smallest absolute Gasteiger partial charge is 0.233 e. The first-order chi connectivity index (χ1) is 7.22. The summed E-state index contributed by atoms with van der Waals surface area (Å²) in [4.78, 5) is 3.88. The summed E-state index contributed by atoms with van der Waals surface area (Å²) in [6.45, 7) is 0. The van der Waals surface area contributed by atoms with Crippen LogP contribution in [-0.4, -0.2) is 4.98 Å². The van der Waals surface area contributed by atoms with E-state index in [1.54, 1.807) is 24.3 Å². The number of rotatable bonds is 1. The zero-order valence-corrected chi connectivity index (χ0v) is 8.18. The number of hydrogen-bond donors (Lipinski definition) is 0. The van der Waals surface area contributed by atoms with Crippen molar-refractivity contribution in [3.63, 3.8) is 0 Å². The molecule has 1 aromatic heterocycles. The maximum absolute atomic E-state index is 13.2. The molecular formula is C10H4F2N2S. The first-order valence-electron chi connectivity index (χ1n) is 4.03. The molecule has 1 aromatic carbocycles. The maximum Gasteiger partial charge on any atom is 0.238 e. The van der Waals surface area contributed by atoms with Crippen LogP contribution in [0.2, 0.25) is 0 Å². The highest BCUT2D eigenvalue weighted by atomic mass is 32.1. The molecule has 1 heterocycles. The van der Waals surface area contributed by atoms with Crippen LogP contribution in [-0.2, 0) is 0 Å². The fourth-order valence-electron chi connectivity index (χ4n) is 1.11. The summed E-state index contributed by atoms with van der Waals surface area (Å²) in [5, 5.41) is 8.09. The molecular weight excluding hydrogens is 218 g/mol. The van der Waals surface area contributed by atoms with E-state index in [1.807, 2.05) is 0 Å². The number of hydrogen-bond acceptors (Lipinski definition) is 3. The van der Waals surface area contributed by atoms with Crippen molar-refractivity contribution in [2.24, 2.45) is 0 Å². The third-order valence-corrected chi connectivity index (χ3v) is 2.80. The first-order valence-corrected chi connectivity index (χ1v) is 4.85. The Morgan fingerprint density at radius 2 is 2.07 bits per heavy atom. The summed E-state index contributed by atoms with van der Waals surface area (Å²) >= 11 is 1.01. The average molecular weight is 222 g/mol. The summed E-state index contributed by atoms with van der Waals surface area (Å²) in [5.41, 5.74) is 0.596. The number of benzene rings is 1. The number of halogens is 2. The highest BCUT2D eigenvalue weighted by Gasteiger charge is 2.13. The van der Waals surface area contributed by atoms with Crippen LogP contribution in [0.4, 0.5) is 8.78 Å². The molecule has 0 spiro atoms. The van der Waals surface area contributed by atoms with Gasteiger partial charge in [0.15, 0.2) is 5.01 Å². The van der Waals surface area contributed by atoms with E-state index in [0.717, 1.165) is 22.1 Å². The Morgan fingerprint density at radius 1 is 1.33 bits per heavy atom. The normalized spacial score (nSPS) is 12.3. The number of fused-ring (bicyclic) bond motifs is 1. The molecule has 0 aliphatic rings. The molecule has 5 heteroatoms. The lowest BCUT2D eigenvalue weighted by atomic mass is 10.3. The lowest BCUT2D eigenvalue weighted by Gasteiger charge is -1.86. The third-order valence-electron chi connectivity index (χ3n) is 1.77. The Labute approximate surface area is 88.1 Å². The predicted molar refractivity (Wildman–Crippen MR) is 54.4 cm³/mol. The molecule has 0 bridgehead atoms. The quantitative estimate of drug-likeness (QED) is 0.693. The molecule has 0 fully saturated rings. The molecule has 0 radical (unpaired) electrons. The van der Waals surface area contributed by atoms with E-state index in [2.05, 4.69) is 4.98 Å². The zero-order chi connectivity index (χ0) is 10.8. The summed E-state index contributed by atoms with van der Waals surface area (Å²) < 4.78 is 26.6. The van der Waals surface area contributed by atoms with Gasteiger partial charge in [-0.3, -0.25) is 0 Å². The highest BCUT2D eigenvalue weighted by Crippen LogP contribution is 2.29. The van der Waals surface area contributed by atoms with Crippen molar-refractivity contribution in [1.29, 1.82) is 5.26 Å². The summed E-state index contributed by atoms with van der Waals surface area (Å²) in [7, 11) is 0. The standard InChI is InChI=1S/C10H4F2N2S/c11-6(5-13)9(12)10-14-7-3-1-2-4-8(7)15-10/h1-4H/b9-6+. The lowest BCUT2D eigenvalue weighted by molar-refractivity contribution is 0.632.